The highest BCUT2D eigenvalue weighted by atomic mass is 16.5. The van der Waals surface area contributed by atoms with Gasteiger partial charge in [0, 0.05) is 13.2 Å². The number of benzene rings is 3. The van der Waals surface area contributed by atoms with Crippen LogP contribution in [0.1, 0.15) is 36.0 Å². The Hall–Kier alpha value is -2.88. The molecule has 3 aromatic rings. The number of hydrogen-bond acceptors (Lipinski definition) is 3. The zero-order chi connectivity index (χ0) is 21.3. The second-order valence-corrected chi connectivity index (χ2v) is 7.98. The predicted molar refractivity (Wildman–Crippen MR) is 128 cm³/mol. The third-order valence-corrected chi connectivity index (χ3v) is 5.87. The number of rotatable bonds is 9. The van der Waals surface area contributed by atoms with Gasteiger partial charge in [0.2, 0.25) is 0 Å². The highest BCUT2D eigenvalue weighted by Gasteiger charge is 2.14. The van der Waals surface area contributed by atoms with Gasteiger partial charge in [-0.1, -0.05) is 72.8 Å². The van der Waals surface area contributed by atoms with Gasteiger partial charge in [-0.15, -0.1) is 0 Å². The summed E-state index contributed by atoms with van der Waals surface area (Å²) >= 11 is 0. The van der Waals surface area contributed by atoms with Crippen LogP contribution in [-0.4, -0.2) is 42.9 Å². The van der Waals surface area contributed by atoms with E-state index in [0.29, 0.717) is 6.42 Å². The second-order valence-electron chi connectivity index (χ2n) is 7.98. The Labute approximate surface area is 185 Å². The monoisotopic (exact) mass is 413 g/mol. The SMILES string of the molecule is OCCC(=C(c1ccccc1)c1ccc(OCCN2CCCC2)cc1)c1ccccc1. The van der Waals surface area contributed by atoms with E-state index in [0.717, 1.165) is 46.7 Å². The lowest BCUT2D eigenvalue weighted by atomic mass is 9.88. The Morgan fingerprint density at radius 3 is 1.94 bits per heavy atom. The minimum atomic E-state index is 0.109. The van der Waals surface area contributed by atoms with Gasteiger partial charge in [0.1, 0.15) is 12.4 Å². The van der Waals surface area contributed by atoms with Crippen LogP contribution in [0.25, 0.3) is 11.1 Å². The Balaban J connectivity index is 1.62. The molecule has 4 rings (SSSR count). The van der Waals surface area contributed by atoms with Crippen molar-refractivity contribution >= 4 is 11.1 Å². The lowest BCUT2D eigenvalue weighted by Crippen LogP contribution is -2.25. The summed E-state index contributed by atoms with van der Waals surface area (Å²) in [5.74, 6) is 0.902. The molecule has 3 aromatic carbocycles. The summed E-state index contributed by atoms with van der Waals surface area (Å²) in [6, 6.07) is 29.2. The maximum absolute atomic E-state index is 9.81. The zero-order valence-corrected chi connectivity index (χ0v) is 18.0. The summed E-state index contributed by atoms with van der Waals surface area (Å²) in [4.78, 5) is 2.46. The first-order valence-electron chi connectivity index (χ1n) is 11.3. The Morgan fingerprint density at radius 1 is 0.742 bits per heavy atom. The number of hydrogen-bond donors (Lipinski definition) is 1. The molecule has 160 valence electrons. The summed E-state index contributed by atoms with van der Waals surface area (Å²) < 4.78 is 6.00. The lowest BCUT2D eigenvalue weighted by molar-refractivity contribution is 0.238. The quantitative estimate of drug-likeness (QED) is 0.470. The first-order chi connectivity index (χ1) is 15.3. The fourth-order valence-electron chi connectivity index (χ4n) is 4.30. The van der Waals surface area contributed by atoms with Crippen LogP contribution in [0.15, 0.2) is 84.9 Å². The Morgan fingerprint density at radius 2 is 1.32 bits per heavy atom. The fourth-order valence-corrected chi connectivity index (χ4v) is 4.30. The van der Waals surface area contributed by atoms with E-state index in [2.05, 4.69) is 65.6 Å². The summed E-state index contributed by atoms with van der Waals surface area (Å²) in [6.07, 6.45) is 3.21. The van der Waals surface area contributed by atoms with Gasteiger partial charge in [0.05, 0.1) is 0 Å². The smallest absolute Gasteiger partial charge is 0.119 e. The third-order valence-electron chi connectivity index (χ3n) is 5.87. The fraction of sp³-hybridized carbons (Fsp3) is 0.286. The van der Waals surface area contributed by atoms with E-state index in [1.54, 1.807) is 0 Å². The van der Waals surface area contributed by atoms with Crippen LogP contribution in [0.4, 0.5) is 0 Å². The van der Waals surface area contributed by atoms with Crippen molar-refractivity contribution in [2.24, 2.45) is 0 Å². The Bertz CT molecular complexity index is 959. The minimum Gasteiger partial charge on any atom is -0.492 e. The highest BCUT2D eigenvalue weighted by Crippen LogP contribution is 2.34. The average molecular weight is 414 g/mol. The first kappa shape index (κ1) is 21.4. The van der Waals surface area contributed by atoms with Crippen molar-refractivity contribution in [1.29, 1.82) is 0 Å². The molecule has 0 aliphatic carbocycles. The van der Waals surface area contributed by atoms with E-state index in [1.165, 1.54) is 25.9 Å². The topological polar surface area (TPSA) is 32.7 Å². The van der Waals surface area contributed by atoms with E-state index in [9.17, 15) is 5.11 Å². The molecular formula is C28H31NO2. The van der Waals surface area contributed by atoms with Gasteiger partial charge in [-0.3, -0.25) is 4.90 Å². The largest absolute Gasteiger partial charge is 0.492 e. The minimum absolute atomic E-state index is 0.109. The van der Waals surface area contributed by atoms with Gasteiger partial charge < -0.3 is 9.84 Å². The van der Waals surface area contributed by atoms with Crippen LogP contribution in [0.2, 0.25) is 0 Å². The van der Waals surface area contributed by atoms with Crippen molar-refractivity contribution < 1.29 is 9.84 Å². The molecule has 1 aliphatic rings. The van der Waals surface area contributed by atoms with E-state index < -0.39 is 0 Å². The molecule has 0 radical (unpaired) electrons. The van der Waals surface area contributed by atoms with Crippen molar-refractivity contribution in [2.45, 2.75) is 19.3 Å². The molecule has 0 amide bonds. The first-order valence-corrected chi connectivity index (χ1v) is 11.3. The summed E-state index contributed by atoms with van der Waals surface area (Å²) in [5.41, 5.74) is 5.73. The molecule has 0 spiro atoms. The average Bonchev–Trinajstić information content (AvgIpc) is 3.35. The van der Waals surface area contributed by atoms with Crippen molar-refractivity contribution in [2.75, 3.05) is 32.8 Å². The van der Waals surface area contributed by atoms with Gasteiger partial charge >= 0.3 is 0 Å². The van der Waals surface area contributed by atoms with Crippen LogP contribution in [0, 0.1) is 0 Å². The van der Waals surface area contributed by atoms with Crippen LogP contribution >= 0.6 is 0 Å². The van der Waals surface area contributed by atoms with E-state index >= 15 is 0 Å². The molecule has 0 saturated carbocycles. The molecule has 1 saturated heterocycles. The van der Waals surface area contributed by atoms with Gasteiger partial charge in [-0.05, 0) is 72.3 Å². The standard InChI is InChI=1S/C28H31NO2/c30-21-17-27(23-9-3-1-4-10-23)28(24-11-5-2-6-12-24)25-13-15-26(16-14-25)31-22-20-29-18-7-8-19-29/h1-6,9-16,30H,7-8,17-22H2. The predicted octanol–water partition coefficient (Wildman–Crippen LogP) is 5.50. The maximum atomic E-state index is 9.81. The number of ether oxygens (including phenoxy) is 1. The van der Waals surface area contributed by atoms with Crippen molar-refractivity contribution in [3.05, 3.63) is 102 Å². The molecule has 3 nitrogen and oxygen atoms in total. The maximum Gasteiger partial charge on any atom is 0.119 e. The van der Waals surface area contributed by atoms with Crippen LogP contribution in [0.5, 0.6) is 5.75 Å². The molecule has 0 bridgehead atoms. The molecule has 0 atom stereocenters. The van der Waals surface area contributed by atoms with Gasteiger partial charge in [0.25, 0.3) is 0 Å². The third kappa shape index (κ3) is 5.63. The van der Waals surface area contributed by atoms with Crippen LogP contribution in [0.3, 0.4) is 0 Å². The molecule has 1 aliphatic heterocycles. The Kier molecular flexibility index (Phi) is 7.54. The molecule has 3 heteroatoms. The van der Waals surface area contributed by atoms with Crippen molar-refractivity contribution in [3.63, 3.8) is 0 Å². The molecule has 0 unspecified atom stereocenters. The lowest BCUT2D eigenvalue weighted by Gasteiger charge is -2.18. The number of likely N-dealkylation sites (tertiary alicyclic amines) is 1. The summed E-state index contributed by atoms with van der Waals surface area (Å²) in [6.45, 7) is 4.21. The summed E-state index contributed by atoms with van der Waals surface area (Å²) in [5, 5.41) is 9.81. The summed E-state index contributed by atoms with van der Waals surface area (Å²) in [7, 11) is 0. The number of nitrogens with zero attached hydrogens (tertiary/aromatic N) is 1. The van der Waals surface area contributed by atoms with Crippen LogP contribution < -0.4 is 4.74 Å². The van der Waals surface area contributed by atoms with Gasteiger partial charge in [-0.2, -0.15) is 0 Å². The van der Waals surface area contributed by atoms with Gasteiger partial charge in [0.15, 0.2) is 0 Å². The number of aliphatic hydroxyl groups is 1. The van der Waals surface area contributed by atoms with Crippen LogP contribution in [-0.2, 0) is 0 Å². The molecular weight excluding hydrogens is 382 g/mol. The molecule has 31 heavy (non-hydrogen) atoms. The van der Waals surface area contributed by atoms with E-state index in [1.807, 2.05) is 24.3 Å². The van der Waals surface area contributed by atoms with Gasteiger partial charge in [-0.25, -0.2) is 0 Å². The van der Waals surface area contributed by atoms with Crippen molar-refractivity contribution in [3.8, 4) is 5.75 Å². The highest BCUT2D eigenvalue weighted by molar-refractivity contribution is 5.98. The number of aliphatic hydroxyl groups excluding tert-OH is 1. The van der Waals surface area contributed by atoms with E-state index in [4.69, 9.17) is 4.74 Å². The van der Waals surface area contributed by atoms with Crippen molar-refractivity contribution in [1.82, 2.24) is 4.90 Å². The van der Waals surface area contributed by atoms with E-state index in [-0.39, 0.29) is 6.61 Å². The normalized spacial score (nSPS) is 15.0. The molecule has 1 fully saturated rings. The second kappa shape index (κ2) is 10.9. The molecule has 1 N–H and O–H groups in total. The molecule has 0 aromatic heterocycles. The zero-order valence-electron chi connectivity index (χ0n) is 18.0. The molecule has 1 heterocycles.